The van der Waals surface area contributed by atoms with E-state index in [2.05, 4.69) is 33.9 Å². The first-order valence-corrected chi connectivity index (χ1v) is 10.0. The van der Waals surface area contributed by atoms with Crippen LogP contribution in [0.3, 0.4) is 0 Å². The van der Waals surface area contributed by atoms with Gasteiger partial charge in [0.05, 0.1) is 0 Å². The summed E-state index contributed by atoms with van der Waals surface area (Å²) in [4.78, 5) is 16.8. The standard InChI is InChI=1S/C22H31N3O/c1-3-4-5-18-6-10-20(11-7-18)22(26)24-21-12-8-19(9-13-21)16-25-15-14-23-17(25)2/h8-9,12-15,18,20H,3-7,10-11,16H2,1-2H3,(H,24,26). The average Bonchev–Trinajstić information content (AvgIpc) is 3.06. The zero-order valence-corrected chi connectivity index (χ0v) is 16.1. The van der Waals surface area contributed by atoms with E-state index in [1.807, 2.05) is 31.5 Å². The molecule has 4 nitrogen and oxygen atoms in total. The lowest BCUT2D eigenvalue weighted by molar-refractivity contribution is -0.121. The van der Waals surface area contributed by atoms with Crippen molar-refractivity contribution in [3.05, 3.63) is 48.0 Å². The maximum Gasteiger partial charge on any atom is 0.227 e. The van der Waals surface area contributed by atoms with Crippen molar-refractivity contribution in [1.82, 2.24) is 9.55 Å². The molecule has 1 aromatic carbocycles. The Kier molecular flexibility index (Phi) is 6.48. The molecule has 0 unspecified atom stereocenters. The molecule has 0 spiro atoms. The van der Waals surface area contributed by atoms with Crippen LogP contribution < -0.4 is 5.32 Å². The zero-order chi connectivity index (χ0) is 18.4. The first-order valence-electron chi connectivity index (χ1n) is 10.0. The number of aromatic nitrogens is 2. The van der Waals surface area contributed by atoms with E-state index in [-0.39, 0.29) is 11.8 Å². The number of rotatable bonds is 7. The van der Waals surface area contributed by atoms with E-state index in [1.54, 1.807) is 0 Å². The Morgan fingerprint density at radius 1 is 1.19 bits per heavy atom. The lowest BCUT2D eigenvalue weighted by Gasteiger charge is -2.27. The van der Waals surface area contributed by atoms with Crippen molar-refractivity contribution in [2.24, 2.45) is 11.8 Å². The average molecular weight is 354 g/mol. The third-order valence-electron chi connectivity index (χ3n) is 5.68. The fourth-order valence-corrected chi connectivity index (χ4v) is 3.91. The molecule has 26 heavy (non-hydrogen) atoms. The van der Waals surface area contributed by atoms with Gasteiger partial charge in [-0.25, -0.2) is 4.98 Å². The van der Waals surface area contributed by atoms with Gasteiger partial charge >= 0.3 is 0 Å². The molecule has 2 aromatic rings. The molecule has 1 aliphatic carbocycles. The van der Waals surface area contributed by atoms with Gasteiger partial charge in [-0.15, -0.1) is 0 Å². The van der Waals surface area contributed by atoms with Crippen molar-refractivity contribution in [1.29, 1.82) is 0 Å². The van der Waals surface area contributed by atoms with E-state index in [1.165, 1.54) is 37.7 Å². The van der Waals surface area contributed by atoms with Crippen LogP contribution in [-0.4, -0.2) is 15.5 Å². The number of hydrogen-bond donors (Lipinski definition) is 1. The highest BCUT2D eigenvalue weighted by molar-refractivity contribution is 5.92. The summed E-state index contributed by atoms with van der Waals surface area (Å²) in [6.07, 6.45) is 12.2. The summed E-state index contributed by atoms with van der Waals surface area (Å²) in [6, 6.07) is 8.17. The maximum absolute atomic E-state index is 12.6. The molecule has 0 atom stereocenters. The van der Waals surface area contributed by atoms with Crippen molar-refractivity contribution in [3.8, 4) is 0 Å². The molecule has 0 bridgehead atoms. The fraction of sp³-hybridized carbons (Fsp3) is 0.545. The highest BCUT2D eigenvalue weighted by Gasteiger charge is 2.25. The van der Waals surface area contributed by atoms with Gasteiger partial charge in [0, 0.05) is 30.5 Å². The molecule has 1 aliphatic rings. The predicted octanol–water partition coefficient (Wildman–Crippen LogP) is 5.17. The van der Waals surface area contributed by atoms with Crippen LogP contribution in [0, 0.1) is 18.8 Å². The number of nitrogens with zero attached hydrogens (tertiary/aromatic N) is 2. The van der Waals surface area contributed by atoms with Gasteiger partial charge in [0.25, 0.3) is 0 Å². The Morgan fingerprint density at radius 3 is 2.54 bits per heavy atom. The normalized spacial score (nSPS) is 20.1. The van der Waals surface area contributed by atoms with Gasteiger partial charge in [-0.3, -0.25) is 4.79 Å². The highest BCUT2D eigenvalue weighted by atomic mass is 16.1. The minimum absolute atomic E-state index is 0.182. The second kappa shape index (κ2) is 9.02. The molecule has 3 rings (SSSR count). The van der Waals surface area contributed by atoms with Crippen LogP contribution in [0.4, 0.5) is 5.69 Å². The summed E-state index contributed by atoms with van der Waals surface area (Å²) in [7, 11) is 0. The molecule has 0 saturated heterocycles. The lowest BCUT2D eigenvalue weighted by atomic mass is 9.79. The second-order valence-corrected chi connectivity index (χ2v) is 7.65. The van der Waals surface area contributed by atoms with Crippen molar-refractivity contribution < 1.29 is 4.79 Å². The number of aryl methyl sites for hydroxylation is 1. The van der Waals surface area contributed by atoms with Crippen LogP contribution in [0.2, 0.25) is 0 Å². The number of hydrogen-bond acceptors (Lipinski definition) is 2. The molecule has 1 aromatic heterocycles. The van der Waals surface area contributed by atoms with Crippen LogP contribution >= 0.6 is 0 Å². The molecule has 0 aliphatic heterocycles. The first-order chi connectivity index (χ1) is 12.7. The number of anilines is 1. The smallest absolute Gasteiger partial charge is 0.227 e. The van der Waals surface area contributed by atoms with Crippen molar-refractivity contribution in [3.63, 3.8) is 0 Å². The quantitative estimate of drug-likeness (QED) is 0.746. The number of carbonyl (C=O) groups is 1. The Balaban J connectivity index is 1.48. The Hall–Kier alpha value is -2.10. The number of nitrogens with one attached hydrogen (secondary N) is 1. The van der Waals surface area contributed by atoms with Crippen LogP contribution in [0.5, 0.6) is 0 Å². The highest BCUT2D eigenvalue weighted by Crippen LogP contribution is 2.32. The van der Waals surface area contributed by atoms with Gasteiger partial charge in [0.2, 0.25) is 5.91 Å². The molecule has 1 saturated carbocycles. The van der Waals surface area contributed by atoms with Gasteiger partial charge in [0.15, 0.2) is 0 Å². The monoisotopic (exact) mass is 353 g/mol. The maximum atomic E-state index is 12.6. The van der Waals surface area contributed by atoms with Crippen molar-refractivity contribution in [2.75, 3.05) is 5.32 Å². The molecule has 1 fully saturated rings. The van der Waals surface area contributed by atoms with Crippen molar-refractivity contribution in [2.45, 2.75) is 65.3 Å². The van der Waals surface area contributed by atoms with Gasteiger partial charge in [-0.05, 0) is 56.2 Å². The third kappa shape index (κ3) is 4.96. The van der Waals surface area contributed by atoms with Gasteiger partial charge in [-0.2, -0.15) is 0 Å². The molecule has 1 N–H and O–H groups in total. The van der Waals surface area contributed by atoms with Crippen LogP contribution in [0.25, 0.3) is 0 Å². The molecular weight excluding hydrogens is 322 g/mol. The van der Waals surface area contributed by atoms with Crippen LogP contribution in [-0.2, 0) is 11.3 Å². The topological polar surface area (TPSA) is 46.9 Å². The Bertz CT molecular complexity index is 696. The molecular formula is C22H31N3O. The minimum Gasteiger partial charge on any atom is -0.331 e. The molecule has 4 heteroatoms. The number of amides is 1. The molecule has 1 heterocycles. The lowest BCUT2D eigenvalue weighted by Crippen LogP contribution is -2.27. The SMILES string of the molecule is CCCCC1CCC(C(=O)Nc2ccc(Cn3ccnc3C)cc2)CC1. The largest absolute Gasteiger partial charge is 0.331 e. The number of unbranched alkanes of at least 4 members (excludes halogenated alkanes) is 1. The zero-order valence-electron chi connectivity index (χ0n) is 16.1. The van der Waals surface area contributed by atoms with Crippen LogP contribution in [0.1, 0.15) is 63.3 Å². The molecule has 140 valence electrons. The van der Waals surface area contributed by atoms with Crippen molar-refractivity contribution >= 4 is 11.6 Å². The summed E-state index contributed by atoms with van der Waals surface area (Å²) < 4.78 is 2.12. The second-order valence-electron chi connectivity index (χ2n) is 7.65. The Labute approximate surface area is 157 Å². The number of benzene rings is 1. The van der Waals surface area contributed by atoms with Gasteiger partial charge in [-0.1, -0.05) is 38.3 Å². The summed E-state index contributed by atoms with van der Waals surface area (Å²) in [5, 5.41) is 3.11. The first kappa shape index (κ1) is 18.7. The third-order valence-corrected chi connectivity index (χ3v) is 5.68. The number of carbonyl (C=O) groups excluding carboxylic acids is 1. The predicted molar refractivity (Wildman–Crippen MR) is 106 cm³/mol. The fourth-order valence-electron chi connectivity index (χ4n) is 3.91. The molecule has 0 radical (unpaired) electrons. The van der Waals surface area contributed by atoms with Gasteiger partial charge in [0.1, 0.15) is 5.82 Å². The van der Waals surface area contributed by atoms with E-state index in [4.69, 9.17) is 0 Å². The van der Waals surface area contributed by atoms with E-state index in [0.29, 0.717) is 0 Å². The summed E-state index contributed by atoms with van der Waals surface area (Å²) in [6.45, 7) is 5.06. The minimum atomic E-state index is 0.182. The van der Waals surface area contributed by atoms with E-state index in [9.17, 15) is 4.79 Å². The van der Waals surface area contributed by atoms with E-state index < -0.39 is 0 Å². The Morgan fingerprint density at radius 2 is 1.92 bits per heavy atom. The summed E-state index contributed by atoms with van der Waals surface area (Å²) in [5.74, 6) is 2.22. The summed E-state index contributed by atoms with van der Waals surface area (Å²) in [5.41, 5.74) is 2.11. The number of imidazole rings is 1. The van der Waals surface area contributed by atoms with Gasteiger partial charge < -0.3 is 9.88 Å². The summed E-state index contributed by atoms with van der Waals surface area (Å²) >= 11 is 0. The van der Waals surface area contributed by atoms with E-state index >= 15 is 0 Å². The molecule has 1 amide bonds. The van der Waals surface area contributed by atoms with E-state index in [0.717, 1.165) is 36.8 Å². The van der Waals surface area contributed by atoms with Crippen LogP contribution in [0.15, 0.2) is 36.7 Å².